The van der Waals surface area contributed by atoms with Crippen LogP contribution in [0.3, 0.4) is 0 Å². The Morgan fingerprint density at radius 3 is 2.22 bits per heavy atom. The van der Waals surface area contributed by atoms with Crippen molar-refractivity contribution < 1.29 is 9.09 Å². The zero-order valence-electron chi connectivity index (χ0n) is 21.0. The molecule has 1 atom stereocenters. The lowest BCUT2D eigenvalue weighted by molar-refractivity contribution is 0.501. The van der Waals surface area contributed by atoms with Crippen molar-refractivity contribution >= 4 is 39.8 Å². The minimum Gasteiger partial charge on any atom is -0.436 e. The second kappa shape index (κ2) is 7.96. The summed E-state index contributed by atoms with van der Waals surface area (Å²) in [7, 11) is -3.42. The van der Waals surface area contributed by atoms with E-state index in [0.29, 0.717) is 5.75 Å². The summed E-state index contributed by atoms with van der Waals surface area (Å²) in [6.07, 6.45) is 0. The van der Waals surface area contributed by atoms with Crippen LogP contribution >= 0.6 is 7.37 Å². The van der Waals surface area contributed by atoms with Crippen LogP contribution in [0.1, 0.15) is 16.7 Å². The van der Waals surface area contributed by atoms with Crippen LogP contribution in [0.15, 0.2) is 103 Å². The third-order valence-corrected chi connectivity index (χ3v) is 10.1. The molecule has 0 N–H and O–H groups in total. The summed E-state index contributed by atoms with van der Waals surface area (Å²) in [5.41, 5.74) is 8.63. The lowest BCUT2D eigenvalue weighted by Gasteiger charge is -2.30. The average molecular weight is 500 g/mol. The summed E-state index contributed by atoms with van der Waals surface area (Å²) in [6.45, 7) is 6.34. The van der Waals surface area contributed by atoms with E-state index in [9.17, 15) is 0 Å². The summed E-state index contributed by atoms with van der Waals surface area (Å²) in [5, 5.41) is 3.83. The van der Waals surface area contributed by atoms with Gasteiger partial charge in [0.2, 0.25) is 0 Å². The molecule has 2 heterocycles. The number of hydrogen-bond acceptors (Lipinski definition) is 2. The summed E-state index contributed by atoms with van der Waals surface area (Å²) < 4.78 is 23.9. The second-order valence-corrected chi connectivity index (χ2v) is 12.2. The maximum atomic E-state index is 15.1. The Balaban J connectivity index is 1.59. The van der Waals surface area contributed by atoms with Crippen molar-refractivity contribution in [3.05, 3.63) is 120 Å². The maximum Gasteiger partial charge on any atom is 0.307 e. The first-order valence-corrected chi connectivity index (χ1v) is 14.2. The number of nitrogens with zero attached hydrogens (tertiary/aromatic N) is 1. The highest BCUT2D eigenvalue weighted by molar-refractivity contribution is 7.75. The molecule has 0 fully saturated rings. The van der Waals surface area contributed by atoms with Gasteiger partial charge in [0.25, 0.3) is 0 Å². The molecule has 0 bridgehead atoms. The van der Waals surface area contributed by atoms with E-state index in [1.165, 1.54) is 10.9 Å². The molecule has 0 spiro atoms. The van der Waals surface area contributed by atoms with Crippen LogP contribution < -0.4 is 15.1 Å². The van der Waals surface area contributed by atoms with E-state index < -0.39 is 7.37 Å². The van der Waals surface area contributed by atoms with Crippen molar-refractivity contribution in [2.45, 2.75) is 20.8 Å². The van der Waals surface area contributed by atoms with Gasteiger partial charge in [-0.05, 0) is 79.9 Å². The molecule has 37 heavy (non-hydrogen) atoms. The first-order valence-electron chi connectivity index (χ1n) is 12.6. The lowest BCUT2D eigenvalue weighted by atomic mass is 10.0. The summed E-state index contributed by atoms with van der Waals surface area (Å²) >= 11 is 0. The molecule has 0 amide bonds. The van der Waals surface area contributed by atoms with Gasteiger partial charge >= 0.3 is 7.37 Å². The molecule has 0 saturated carbocycles. The molecule has 0 radical (unpaired) electrons. The number of fused-ring (bicyclic) bond motifs is 6. The van der Waals surface area contributed by atoms with Gasteiger partial charge in [0.15, 0.2) is 0 Å². The Morgan fingerprint density at radius 2 is 1.41 bits per heavy atom. The van der Waals surface area contributed by atoms with Gasteiger partial charge in [-0.1, -0.05) is 66.2 Å². The summed E-state index contributed by atoms with van der Waals surface area (Å²) in [5.74, 6) is 0.671. The van der Waals surface area contributed by atoms with Gasteiger partial charge in [-0.2, -0.15) is 0 Å². The Labute approximate surface area is 216 Å². The molecule has 0 aliphatic carbocycles. The summed E-state index contributed by atoms with van der Waals surface area (Å²) in [4.78, 5) is 0. The zero-order chi connectivity index (χ0) is 25.3. The van der Waals surface area contributed by atoms with Crippen LogP contribution in [0.25, 0.3) is 38.6 Å². The van der Waals surface area contributed by atoms with E-state index in [0.717, 1.165) is 55.0 Å². The Bertz CT molecular complexity index is 1920. The maximum absolute atomic E-state index is 15.1. The quantitative estimate of drug-likeness (QED) is 0.226. The van der Waals surface area contributed by atoms with Gasteiger partial charge in [0, 0.05) is 22.0 Å². The van der Waals surface area contributed by atoms with Gasteiger partial charge in [-0.25, -0.2) is 0 Å². The monoisotopic (exact) mass is 499 g/mol. The highest BCUT2D eigenvalue weighted by Gasteiger charge is 2.39. The molecule has 1 aliphatic rings. The lowest BCUT2D eigenvalue weighted by Crippen LogP contribution is -2.27. The fraction of sp³-hybridized carbons (Fsp3) is 0.0909. The fourth-order valence-electron chi connectivity index (χ4n) is 5.91. The van der Waals surface area contributed by atoms with E-state index in [1.54, 1.807) is 0 Å². The smallest absolute Gasteiger partial charge is 0.307 e. The topological polar surface area (TPSA) is 31.2 Å². The Kier molecular flexibility index (Phi) is 4.77. The van der Waals surface area contributed by atoms with Crippen LogP contribution in [-0.2, 0) is 4.57 Å². The highest BCUT2D eigenvalue weighted by atomic mass is 31.2. The molecule has 4 heteroatoms. The van der Waals surface area contributed by atoms with Crippen LogP contribution in [-0.4, -0.2) is 4.57 Å². The van der Waals surface area contributed by atoms with Gasteiger partial charge in [0.1, 0.15) is 5.75 Å². The Morgan fingerprint density at radius 1 is 0.703 bits per heavy atom. The largest absolute Gasteiger partial charge is 0.436 e. The molecule has 180 valence electrons. The van der Waals surface area contributed by atoms with Crippen LogP contribution in [0.5, 0.6) is 5.75 Å². The second-order valence-electron chi connectivity index (χ2n) is 9.91. The molecule has 1 aromatic heterocycles. The first-order chi connectivity index (χ1) is 18.0. The van der Waals surface area contributed by atoms with E-state index in [4.69, 9.17) is 4.52 Å². The molecule has 0 saturated heterocycles. The number of benzene rings is 5. The first kappa shape index (κ1) is 22.2. The van der Waals surface area contributed by atoms with E-state index in [-0.39, 0.29) is 0 Å². The van der Waals surface area contributed by atoms with E-state index >= 15 is 4.57 Å². The van der Waals surface area contributed by atoms with Crippen molar-refractivity contribution in [1.82, 2.24) is 4.57 Å². The minimum absolute atomic E-state index is 0.671. The van der Waals surface area contributed by atoms with Gasteiger partial charge < -0.3 is 9.09 Å². The molecule has 3 nitrogen and oxygen atoms in total. The van der Waals surface area contributed by atoms with Crippen LogP contribution in [0.2, 0.25) is 0 Å². The number of para-hydroxylation sites is 2. The van der Waals surface area contributed by atoms with Crippen molar-refractivity contribution in [3.63, 3.8) is 0 Å². The van der Waals surface area contributed by atoms with Gasteiger partial charge in [0.05, 0.1) is 21.6 Å². The van der Waals surface area contributed by atoms with Crippen LogP contribution in [0.4, 0.5) is 0 Å². The number of aryl methyl sites for hydroxylation is 3. The molecular formula is C33H26NO2P. The Hall–Kier alpha value is -4.07. The SMILES string of the molecule is Cc1ccc2c(c1)c1c(C)c(P3(=O)Oc4ccccc4-c4ccccc43)cc(C)c1n2-c1ccccc1. The number of hydrogen-bond donors (Lipinski definition) is 0. The normalized spacial score (nSPS) is 16.4. The summed E-state index contributed by atoms with van der Waals surface area (Å²) in [6, 6.07) is 35.0. The fourth-order valence-corrected chi connectivity index (χ4v) is 8.52. The minimum atomic E-state index is -3.42. The van der Waals surface area contributed by atoms with Crippen molar-refractivity contribution in [2.75, 3.05) is 0 Å². The standard InChI is InChI=1S/C33H26NO2P/c1-21-17-18-28-27(19-21)32-23(3)31(20-22(2)33(32)34(28)24-11-5-4-6-12-24)37(35)30-16-10-8-14-26(30)25-13-7-9-15-29(25)36-37/h4-20H,1-3H3. The van der Waals surface area contributed by atoms with E-state index in [2.05, 4.69) is 79.9 Å². The highest BCUT2D eigenvalue weighted by Crippen LogP contribution is 2.55. The van der Waals surface area contributed by atoms with Crippen molar-refractivity contribution in [1.29, 1.82) is 0 Å². The predicted molar refractivity (Wildman–Crippen MR) is 154 cm³/mol. The molecule has 6 aromatic rings. The molecule has 1 unspecified atom stereocenters. The third-order valence-electron chi connectivity index (χ3n) is 7.57. The van der Waals surface area contributed by atoms with E-state index in [1.807, 2.05) is 48.5 Å². The van der Waals surface area contributed by atoms with Gasteiger partial charge in [-0.3, -0.25) is 4.57 Å². The predicted octanol–water partition coefficient (Wildman–Crippen LogP) is 8.00. The number of rotatable bonds is 2. The molecule has 5 aromatic carbocycles. The van der Waals surface area contributed by atoms with Gasteiger partial charge in [-0.15, -0.1) is 0 Å². The third kappa shape index (κ3) is 3.11. The molecular weight excluding hydrogens is 473 g/mol. The van der Waals surface area contributed by atoms with Crippen LogP contribution in [0, 0.1) is 20.8 Å². The molecule has 1 aliphatic heterocycles. The van der Waals surface area contributed by atoms with Crippen molar-refractivity contribution in [2.24, 2.45) is 0 Å². The molecule has 7 rings (SSSR count). The van der Waals surface area contributed by atoms with Crippen molar-refractivity contribution in [3.8, 4) is 22.6 Å². The average Bonchev–Trinajstić information content (AvgIpc) is 3.26. The zero-order valence-corrected chi connectivity index (χ0v) is 21.9. The number of aromatic nitrogens is 1.